The van der Waals surface area contributed by atoms with E-state index < -0.39 is 17.8 Å². The third-order valence-corrected chi connectivity index (χ3v) is 5.39. The van der Waals surface area contributed by atoms with Gasteiger partial charge in [-0.05, 0) is 60.5 Å². The Morgan fingerprint density at radius 2 is 1.71 bits per heavy atom. The highest BCUT2D eigenvalue weighted by molar-refractivity contribution is 6.39. The van der Waals surface area contributed by atoms with Crippen molar-refractivity contribution in [3.05, 3.63) is 88.5 Å². The number of anilines is 1. The van der Waals surface area contributed by atoms with E-state index in [9.17, 15) is 19.5 Å². The predicted octanol–water partition coefficient (Wildman–Crippen LogP) is 4.69. The van der Waals surface area contributed by atoms with E-state index in [1.807, 2.05) is 30.3 Å². The summed E-state index contributed by atoms with van der Waals surface area (Å²) in [6.45, 7) is 2.37. The molecule has 0 atom stereocenters. The molecule has 0 spiro atoms. The third-order valence-electron chi connectivity index (χ3n) is 5.11. The molecule has 1 aliphatic heterocycles. The lowest BCUT2D eigenvalue weighted by Gasteiger charge is -2.26. The standard InChI is InChI=1S/C26H21ClN2O6/c1-2-34-22-14-17(13-21(27)23(22)30)12-20-24(31)28-26(33)29(25(20)32)18-8-10-19(11-9-18)35-15-16-6-4-3-5-7-16/h3-14,30H,2,15H2,1H3,(H,28,31,33). The van der Waals surface area contributed by atoms with E-state index in [1.165, 1.54) is 18.2 Å². The van der Waals surface area contributed by atoms with E-state index in [2.05, 4.69) is 5.32 Å². The zero-order valence-electron chi connectivity index (χ0n) is 18.7. The van der Waals surface area contributed by atoms with Crippen LogP contribution in [-0.4, -0.2) is 29.6 Å². The van der Waals surface area contributed by atoms with E-state index in [4.69, 9.17) is 21.1 Å². The van der Waals surface area contributed by atoms with Gasteiger partial charge < -0.3 is 14.6 Å². The van der Waals surface area contributed by atoms with Crippen LogP contribution in [0.25, 0.3) is 6.08 Å². The first kappa shape index (κ1) is 23.8. The van der Waals surface area contributed by atoms with Crippen LogP contribution in [0.15, 0.2) is 72.3 Å². The summed E-state index contributed by atoms with van der Waals surface area (Å²) in [5.41, 5.74) is 1.32. The molecule has 9 heteroatoms. The van der Waals surface area contributed by atoms with Crippen LogP contribution in [0.5, 0.6) is 17.2 Å². The van der Waals surface area contributed by atoms with Gasteiger partial charge in [-0.1, -0.05) is 41.9 Å². The van der Waals surface area contributed by atoms with Crippen molar-refractivity contribution in [2.75, 3.05) is 11.5 Å². The molecule has 0 saturated carbocycles. The number of urea groups is 1. The summed E-state index contributed by atoms with van der Waals surface area (Å²) in [5, 5.41) is 12.2. The molecule has 3 aromatic carbocycles. The molecule has 178 valence electrons. The van der Waals surface area contributed by atoms with E-state index >= 15 is 0 Å². The molecular weight excluding hydrogens is 472 g/mol. The van der Waals surface area contributed by atoms with Gasteiger partial charge in [-0.15, -0.1) is 0 Å². The molecule has 1 heterocycles. The topological polar surface area (TPSA) is 105 Å². The maximum atomic E-state index is 13.1. The first-order valence-electron chi connectivity index (χ1n) is 10.7. The molecule has 0 radical (unpaired) electrons. The molecule has 4 rings (SSSR count). The van der Waals surface area contributed by atoms with Crippen LogP contribution in [0.2, 0.25) is 5.02 Å². The van der Waals surface area contributed by atoms with Crippen LogP contribution in [0, 0.1) is 0 Å². The van der Waals surface area contributed by atoms with Crippen molar-refractivity contribution in [1.82, 2.24) is 5.32 Å². The number of carbonyl (C=O) groups excluding carboxylic acids is 3. The Labute approximate surface area is 206 Å². The molecule has 8 nitrogen and oxygen atoms in total. The monoisotopic (exact) mass is 492 g/mol. The molecule has 1 fully saturated rings. The lowest BCUT2D eigenvalue weighted by atomic mass is 10.1. The zero-order valence-corrected chi connectivity index (χ0v) is 19.4. The Morgan fingerprint density at radius 1 is 1.00 bits per heavy atom. The molecule has 35 heavy (non-hydrogen) atoms. The first-order valence-corrected chi connectivity index (χ1v) is 11.1. The Morgan fingerprint density at radius 3 is 2.40 bits per heavy atom. The molecule has 2 N–H and O–H groups in total. The Hall–Kier alpha value is -4.30. The number of carbonyl (C=O) groups is 3. The maximum absolute atomic E-state index is 13.1. The lowest BCUT2D eigenvalue weighted by molar-refractivity contribution is -0.122. The summed E-state index contributed by atoms with van der Waals surface area (Å²) >= 11 is 6.05. The number of hydrogen-bond donors (Lipinski definition) is 2. The van der Waals surface area contributed by atoms with Gasteiger partial charge in [0.15, 0.2) is 11.5 Å². The molecular formula is C26H21ClN2O6. The Bertz CT molecular complexity index is 1310. The minimum absolute atomic E-state index is 0.00881. The number of phenols is 1. The summed E-state index contributed by atoms with van der Waals surface area (Å²) in [6, 6.07) is 17.9. The van der Waals surface area contributed by atoms with Gasteiger partial charge in [0.05, 0.1) is 17.3 Å². The fraction of sp³-hybridized carbons (Fsp3) is 0.115. The first-order chi connectivity index (χ1) is 16.9. The van der Waals surface area contributed by atoms with Gasteiger partial charge in [0, 0.05) is 0 Å². The number of nitrogens with one attached hydrogen (secondary N) is 1. The molecule has 0 aliphatic carbocycles. The molecule has 0 aromatic heterocycles. The number of nitrogens with zero attached hydrogens (tertiary/aromatic N) is 1. The highest BCUT2D eigenvalue weighted by atomic mass is 35.5. The summed E-state index contributed by atoms with van der Waals surface area (Å²) in [6.07, 6.45) is 1.28. The molecule has 4 amide bonds. The SMILES string of the molecule is CCOc1cc(C=C2C(=O)NC(=O)N(c3ccc(OCc4ccccc4)cc3)C2=O)cc(Cl)c1O. The van der Waals surface area contributed by atoms with Crippen LogP contribution >= 0.6 is 11.6 Å². The van der Waals surface area contributed by atoms with Gasteiger partial charge in [0.2, 0.25) is 0 Å². The number of aromatic hydroxyl groups is 1. The minimum atomic E-state index is -0.867. The smallest absolute Gasteiger partial charge is 0.335 e. The number of imide groups is 2. The van der Waals surface area contributed by atoms with Gasteiger partial charge in [-0.25, -0.2) is 9.69 Å². The number of ether oxygens (including phenoxy) is 2. The lowest BCUT2D eigenvalue weighted by Crippen LogP contribution is -2.54. The van der Waals surface area contributed by atoms with Crippen molar-refractivity contribution in [1.29, 1.82) is 0 Å². The average molecular weight is 493 g/mol. The molecule has 0 bridgehead atoms. The highest BCUT2D eigenvalue weighted by Crippen LogP contribution is 2.36. The van der Waals surface area contributed by atoms with Crippen molar-refractivity contribution < 1.29 is 29.0 Å². The highest BCUT2D eigenvalue weighted by Gasteiger charge is 2.36. The molecule has 3 aromatic rings. The fourth-order valence-electron chi connectivity index (χ4n) is 3.43. The summed E-state index contributed by atoms with van der Waals surface area (Å²) in [7, 11) is 0. The van der Waals surface area contributed by atoms with Crippen LogP contribution in [0.4, 0.5) is 10.5 Å². The van der Waals surface area contributed by atoms with Crippen molar-refractivity contribution in [3.8, 4) is 17.2 Å². The van der Waals surface area contributed by atoms with Crippen LogP contribution in [0.3, 0.4) is 0 Å². The quantitative estimate of drug-likeness (QED) is 0.366. The van der Waals surface area contributed by atoms with Gasteiger partial charge in [-0.2, -0.15) is 0 Å². The third kappa shape index (κ3) is 5.28. The van der Waals surface area contributed by atoms with E-state index in [0.29, 0.717) is 17.9 Å². The summed E-state index contributed by atoms with van der Waals surface area (Å²) in [4.78, 5) is 38.9. The molecule has 1 saturated heterocycles. The Kier molecular flexibility index (Phi) is 7.03. The van der Waals surface area contributed by atoms with Gasteiger partial charge >= 0.3 is 6.03 Å². The van der Waals surface area contributed by atoms with Crippen molar-refractivity contribution in [3.63, 3.8) is 0 Å². The van der Waals surface area contributed by atoms with Gasteiger partial charge in [0.25, 0.3) is 11.8 Å². The van der Waals surface area contributed by atoms with Gasteiger partial charge in [-0.3, -0.25) is 14.9 Å². The number of phenolic OH excluding ortho intramolecular Hbond substituents is 1. The number of rotatable bonds is 7. The molecule has 1 aliphatic rings. The average Bonchev–Trinajstić information content (AvgIpc) is 2.85. The van der Waals surface area contributed by atoms with Crippen molar-refractivity contribution in [2.45, 2.75) is 13.5 Å². The maximum Gasteiger partial charge on any atom is 0.335 e. The number of barbiturate groups is 1. The number of halogens is 1. The van der Waals surface area contributed by atoms with E-state index in [0.717, 1.165) is 10.5 Å². The largest absolute Gasteiger partial charge is 0.503 e. The number of benzene rings is 3. The number of amides is 4. The second-order valence-electron chi connectivity index (χ2n) is 7.51. The second kappa shape index (κ2) is 10.3. The summed E-state index contributed by atoms with van der Waals surface area (Å²) < 4.78 is 11.1. The second-order valence-corrected chi connectivity index (χ2v) is 7.92. The predicted molar refractivity (Wildman–Crippen MR) is 131 cm³/mol. The van der Waals surface area contributed by atoms with Gasteiger partial charge in [0.1, 0.15) is 17.9 Å². The fourth-order valence-corrected chi connectivity index (χ4v) is 3.65. The van der Waals surface area contributed by atoms with Crippen LogP contribution < -0.4 is 19.7 Å². The van der Waals surface area contributed by atoms with E-state index in [1.54, 1.807) is 31.2 Å². The van der Waals surface area contributed by atoms with Crippen molar-refractivity contribution >= 4 is 41.2 Å². The summed E-state index contributed by atoms with van der Waals surface area (Å²) in [5.74, 6) is -1.24. The van der Waals surface area contributed by atoms with Crippen LogP contribution in [-0.2, 0) is 16.2 Å². The number of hydrogen-bond acceptors (Lipinski definition) is 6. The Balaban J connectivity index is 1.57. The normalized spacial score (nSPS) is 14.7. The van der Waals surface area contributed by atoms with Crippen molar-refractivity contribution in [2.24, 2.45) is 0 Å². The zero-order chi connectivity index (χ0) is 24.9. The van der Waals surface area contributed by atoms with E-state index in [-0.39, 0.29) is 34.4 Å². The van der Waals surface area contributed by atoms with Crippen LogP contribution in [0.1, 0.15) is 18.1 Å². The molecule has 0 unspecified atom stereocenters. The minimum Gasteiger partial charge on any atom is -0.503 e.